The van der Waals surface area contributed by atoms with Crippen molar-refractivity contribution in [1.29, 1.82) is 0 Å². The number of aromatic nitrogens is 2. The molecule has 136 valence electrons. The molecule has 0 spiro atoms. The molecule has 0 amide bonds. The highest BCUT2D eigenvalue weighted by atomic mass is 19.1. The maximum absolute atomic E-state index is 13.6. The van der Waals surface area contributed by atoms with E-state index in [4.69, 9.17) is 5.11 Å². The van der Waals surface area contributed by atoms with E-state index in [0.717, 1.165) is 12.5 Å². The van der Waals surface area contributed by atoms with Crippen LogP contribution in [0.15, 0.2) is 35.1 Å². The smallest absolute Gasteiger partial charge is 0.338 e. The number of nitrogens with zero attached hydrogens (tertiary/aromatic N) is 1. The molecule has 0 saturated carbocycles. The average Bonchev–Trinajstić information content (AvgIpc) is 2.61. The summed E-state index contributed by atoms with van der Waals surface area (Å²) in [6, 6.07) is 3.94. The van der Waals surface area contributed by atoms with E-state index in [2.05, 4.69) is 10.2 Å². The number of carboxylic acid groups (broad SMARTS) is 1. The number of carbonyl (C=O) groups is 1. The number of nitrogens with one attached hydrogen (secondary N) is 1. The van der Waals surface area contributed by atoms with Crippen LogP contribution in [0.5, 0.6) is 0 Å². The molecule has 26 heavy (non-hydrogen) atoms. The summed E-state index contributed by atoms with van der Waals surface area (Å²) in [5, 5.41) is 16.9. The molecule has 6 heteroatoms. The quantitative estimate of drug-likeness (QED) is 0.831. The standard InChI is InChI=1S/C20H21FN2O3/c1-3-5-6-8-14-15(7-4-2)19(24)23-22-18(14)12-13-9-10-17(21)16(11-13)20(25)26/h5-11H,3-4,12H2,1-2H3,(H,23,24)(H,25,26). The van der Waals surface area contributed by atoms with Crippen LogP contribution in [-0.2, 0) is 6.42 Å². The fourth-order valence-corrected chi connectivity index (χ4v) is 2.58. The van der Waals surface area contributed by atoms with Crippen molar-refractivity contribution in [3.05, 3.63) is 73.8 Å². The van der Waals surface area contributed by atoms with Crippen molar-refractivity contribution < 1.29 is 14.3 Å². The Morgan fingerprint density at radius 2 is 2.04 bits per heavy atom. The number of rotatable bonds is 6. The lowest BCUT2D eigenvalue weighted by molar-refractivity contribution is 0.0691. The molecule has 0 saturated heterocycles. The van der Waals surface area contributed by atoms with Gasteiger partial charge in [0, 0.05) is 16.9 Å². The van der Waals surface area contributed by atoms with Crippen LogP contribution in [0.25, 0.3) is 12.2 Å². The van der Waals surface area contributed by atoms with E-state index in [1.54, 1.807) is 0 Å². The molecule has 1 heterocycles. The summed E-state index contributed by atoms with van der Waals surface area (Å²) in [6.07, 6.45) is 9.28. The van der Waals surface area contributed by atoms with Gasteiger partial charge in [-0.25, -0.2) is 14.3 Å². The molecular formula is C20H21FN2O3. The van der Waals surface area contributed by atoms with Crippen LogP contribution in [0, 0.1) is 5.82 Å². The molecule has 1 aromatic heterocycles. The maximum atomic E-state index is 13.6. The third-order valence-corrected chi connectivity index (χ3v) is 3.81. The van der Waals surface area contributed by atoms with Gasteiger partial charge in [-0.2, -0.15) is 5.10 Å². The Morgan fingerprint density at radius 1 is 1.27 bits per heavy atom. The summed E-state index contributed by atoms with van der Waals surface area (Å²) in [7, 11) is 0. The number of hydrogen-bond acceptors (Lipinski definition) is 3. The lowest BCUT2D eigenvalue weighted by atomic mass is 10.0. The molecule has 0 bridgehead atoms. The predicted octanol–water partition coefficient (Wildman–Crippen LogP) is 2.14. The molecule has 0 fully saturated rings. The number of aromatic amines is 1. The highest BCUT2D eigenvalue weighted by Crippen LogP contribution is 2.12. The van der Waals surface area contributed by atoms with Gasteiger partial charge in [0.25, 0.3) is 5.56 Å². The van der Waals surface area contributed by atoms with E-state index in [0.29, 0.717) is 28.1 Å². The first-order chi connectivity index (χ1) is 12.5. The van der Waals surface area contributed by atoms with Crippen LogP contribution in [0.2, 0.25) is 0 Å². The SMILES string of the molecule is CCC=CC=c1c(Cc2ccc(F)c(C(=O)O)c2)n[nH]c(=O)c1=CCC. The van der Waals surface area contributed by atoms with E-state index in [-0.39, 0.29) is 17.5 Å². The van der Waals surface area contributed by atoms with Crippen molar-refractivity contribution in [2.45, 2.75) is 33.1 Å². The van der Waals surface area contributed by atoms with Gasteiger partial charge < -0.3 is 5.11 Å². The fraction of sp³-hybridized carbons (Fsp3) is 0.250. The van der Waals surface area contributed by atoms with Crippen LogP contribution in [0.1, 0.15) is 48.3 Å². The van der Waals surface area contributed by atoms with Gasteiger partial charge >= 0.3 is 5.97 Å². The highest BCUT2D eigenvalue weighted by Gasteiger charge is 2.12. The Kier molecular flexibility index (Phi) is 6.60. The minimum atomic E-state index is -1.32. The summed E-state index contributed by atoms with van der Waals surface area (Å²) in [5.41, 5.74) is 0.522. The number of benzene rings is 1. The first-order valence-electron chi connectivity index (χ1n) is 8.44. The zero-order chi connectivity index (χ0) is 19.1. The van der Waals surface area contributed by atoms with Crippen LogP contribution < -0.4 is 16.0 Å². The molecule has 2 aromatic rings. The molecule has 1 aromatic carbocycles. The summed E-state index contributed by atoms with van der Waals surface area (Å²) >= 11 is 0. The zero-order valence-corrected chi connectivity index (χ0v) is 14.8. The number of H-pyrrole nitrogens is 1. The van der Waals surface area contributed by atoms with E-state index < -0.39 is 11.8 Å². The molecule has 5 nitrogen and oxygen atoms in total. The maximum Gasteiger partial charge on any atom is 0.338 e. The Bertz CT molecular complexity index is 1010. The zero-order valence-electron chi connectivity index (χ0n) is 14.8. The van der Waals surface area contributed by atoms with Crippen LogP contribution in [0.4, 0.5) is 4.39 Å². The topological polar surface area (TPSA) is 83.0 Å². The molecule has 0 aliphatic heterocycles. The summed E-state index contributed by atoms with van der Waals surface area (Å²) < 4.78 is 13.6. The van der Waals surface area contributed by atoms with Gasteiger partial charge in [-0.15, -0.1) is 0 Å². The summed E-state index contributed by atoms with van der Waals surface area (Å²) in [6.45, 7) is 3.94. The first-order valence-corrected chi connectivity index (χ1v) is 8.44. The minimum Gasteiger partial charge on any atom is -0.478 e. The van der Waals surface area contributed by atoms with Gasteiger partial charge in [0.05, 0.1) is 11.3 Å². The Balaban J connectivity index is 2.62. The van der Waals surface area contributed by atoms with Crippen molar-refractivity contribution in [2.75, 3.05) is 0 Å². The van der Waals surface area contributed by atoms with Gasteiger partial charge in [-0.1, -0.05) is 44.2 Å². The second-order valence-corrected chi connectivity index (χ2v) is 5.74. The first kappa shape index (κ1) is 19.3. The van der Waals surface area contributed by atoms with Crippen LogP contribution in [-0.4, -0.2) is 21.3 Å². The van der Waals surface area contributed by atoms with Gasteiger partial charge in [0.1, 0.15) is 5.82 Å². The number of aromatic carboxylic acids is 1. The van der Waals surface area contributed by atoms with Crippen molar-refractivity contribution >= 4 is 18.1 Å². The van der Waals surface area contributed by atoms with Gasteiger partial charge in [-0.05, 0) is 30.5 Å². The second-order valence-electron chi connectivity index (χ2n) is 5.74. The van der Waals surface area contributed by atoms with Gasteiger partial charge in [-0.3, -0.25) is 4.79 Å². The van der Waals surface area contributed by atoms with Gasteiger partial charge in [0.2, 0.25) is 0 Å². The Morgan fingerprint density at radius 3 is 2.69 bits per heavy atom. The lowest BCUT2D eigenvalue weighted by Gasteiger charge is -2.05. The molecule has 0 atom stereocenters. The molecular weight excluding hydrogens is 335 g/mol. The van der Waals surface area contributed by atoms with E-state index >= 15 is 0 Å². The molecule has 2 N–H and O–H groups in total. The van der Waals surface area contributed by atoms with Crippen molar-refractivity contribution in [3.63, 3.8) is 0 Å². The average molecular weight is 356 g/mol. The Labute approximate surface area is 150 Å². The van der Waals surface area contributed by atoms with Crippen molar-refractivity contribution in [3.8, 4) is 0 Å². The Hall–Kier alpha value is -3.02. The van der Waals surface area contributed by atoms with Crippen molar-refractivity contribution in [1.82, 2.24) is 10.2 Å². The molecule has 0 aliphatic carbocycles. The normalized spacial score (nSPS) is 12.9. The molecule has 0 radical (unpaired) electrons. The van der Waals surface area contributed by atoms with Gasteiger partial charge in [0.15, 0.2) is 0 Å². The fourth-order valence-electron chi connectivity index (χ4n) is 2.58. The second kappa shape index (κ2) is 8.89. The highest BCUT2D eigenvalue weighted by molar-refractivity contribution is 5.88. The third kappa shape index (κ3) is 4.53. The van der Waals surface area contributed by atoms with E-state index in [1.807, 2.05) is 38.2 Å². The van der Waals surface area contributed by atoms with E-state index in [1.165, 1.54) is 12.1 Å². The number of halogens is 1. The van der Waals surface area contributed by atoms with Crippen molar-refractivity contribution in [2.24, 2.45) is 0 Å². The predicted molar refractivity (Wildman–Crippen MR) is 98.9 cm³/mol. The largest absolute Gasteiger partial charge is 0.478 e. The number of allylic oxidation sites excluding steroid dienone is 2. The van der Waals surface area contributed by atoms with Crippen LogP contribution in [0.3, 0.4) is 0 Å². The van der Waals surface area contributed by atoms with Crippen LogP contribution >= 0.6 is 0 Å². The van der Waals surface area contributed by atoms with E-state index in [9.17, 15) is 14.0 Å². The third-order valence-electron chi connectivity index (χ3n) is 3.81. The number of hydrogen-bond donors (Lipinski definition) is 2. The number of carboxylic acids is 1. The summed E-state index contributed by atoms with van der Waals surface area (Å²) in [5.74, 6) is -2.11. The molecule has 0 unspecified atom stereocenters. The lowest BCUT2D eigenvalue weighted by Crippen LogP contribution is -2.44. The molecule has 0 aliphatic rings. The molecule has 2 rings (SSSR count). The monoisotopic (exact) mass is 356 g/mol. The summed E-state index contributed by atoms with van der Waals surface area (Å²) in [4.78, 5) is 23.3. The minimum absolute atomic E-state index is 0.272.